The molecule has 0 aliphatic carbocycles. The van der Waals surface area contributed by atoms with Crippen LogP contribution in [0.15, 0.2) is 18.3 Å². The maximum atomic E-state index is 12.2. The summed E-state index contributed by atoms with van der Waals surface area (Å²) in [4.78, 5) is 3.68. The average Bonchev–Trinajstić information content (AvgIpc) is 2.24. The fraction of sp³-hybridized carbons (Fsp3) is 0.500. The molecule has 0 bridgehead atoms. The molecule has 0 aliphatic heterocycles. The molecule has 0 atom stereocenters. The van der Waals surface area contributed by atoms with E-state index in [0.717, 1.165) is 25.1 Å². The van der Waals surface area contributed by atoms with E-state index in [-0.39, 0.29) is 0 Å². The summed E-state index contributed by atoms with van der Waals surface area (Å²) in [5.74, 6) is 0.449. The quantitative estimate of drug-likeness (QED) is 0.767. The molecule has 0 aliphatic rings. The van der Waals surface area contributed by atoms with Crippen molar-refractivity contribution in [3.63, 3.8) is 0 Å². The van der Waals surface area contributed by atoms with Crippen LogP contribution in [-0.2, 0) is 6.18 Å². The second-order valence-electron chi connectivity index (χ2n) is 3.35. The number of pyridine rings is 1. The summed E-state index contributed by atoms with van der Waals surface area (Å²) in [5.41, 5.74) is 4.57. The largest absolute Gasteiger partial charge is 0.417 e. The van der Waals surface area contributed by atoms with Crippen LogP contribution < -0.4 is 11.1 Å². The van der Waals surface area contributed by atoms with Crippen molar-refractivity contribution < 1.29 is 13.2 Å². The molecule has 90 valence electrons. The zero-order valence-electron chi connectivity index (χ0n) is 8.72. The van der Waals surface area contributed by atoms with Crippen molar-refractivity contribution in [3.05, 3.63) is 23.9 Å². The monoisotopic (exact) mass is 233 g/mol. The van der Waals surface area contributed by atoms with Crippen LogP contribution in [0.2, 0.25) is 0 Å². The van der Waals surface area contributed by atoms with E-state index in [4.69, 9.17) is 5.73 Å². The van der Waals surface area contributed by atoms with Crippen LogP contribution >= 0.6 is 0 Å². The first-order chi connectivity index (χ1) is 7.54. The van der Waals surface area contributed by atoms with Crippen molar-refractivity contribution in [1.82, 2.24) is 4.98 Å². The highest BCUT2D eigenvalue weighted by molar-refractivity contribution is 5.35. The summed E-state index contributed by atoms with van der Waals surface area (Å²) in [7, 11) is 0. The fourth-order valence-corrected chi connectivity index (χ4v) is 1.15. The number of nitrogens with two attached hydrogens (primary N) is 1. The lowest BCUT2D eigenvalue weighted by Crippen LogP contribution is -2.08. The fourth-order valence-electron chi connectivity index (χ4n) is 1.15. The predicted octanol–water partition coefficient (Wildman–Crippen LogP) is 2.25. The number of nitrogens with one attached hydrogen (secondary N) is 1. The van der Waals surface area contributed by atoms with Gasteiger partial charge in [0, 0.05) is 12.7 Å². The second kappa shape index (κ2) is 5.69. The number of hydrogen-bond donors (Lipinski definition) is 2. The molecule has 16 heavy (non-hydrogen) atoms. The topological polar surface area (TPSA) is 50.9 Å². The lowest BCUT2D eigenvalue weighted by molar-refractivity contribution is -0.137. The van der Waals surface area contributed by atoms with Crippen LogP contribution in [0.5, 0.6) is 0 Å². The van der Waals surface area contributed by atoms with Gasteiger partial charge in [-0.15, -0.1) is 0 Å². The molecule has 6 heteroatoms. The van der Waals surface area contributed by atoms with Crippen LogP contribution in [0.25, 0.3) is 0 Å². The standard InChI is InChI=1S/C10H14F3N3/c11-10(12,13)8-3-4-9(16-7-8)15-6-2-1-5-14/h3-4,7H,1-2,5-6,14H2,(H,15,16). The van der Waals surface area contributed by atoms with Crippen LogP contribution in [-0.4, -0.2) is 18.1 Å². The average molecular weight is 233 g/mol. The number of anilines is 1. The van der Waals surface area contributed by atoms with E-state index in [1.54, 1.807) is 0 Å². The van der Waals surface area contributed by atoms with Crippen molar-refractivity contribution in [2.45, 2.75) is 19.0 Å². The van der Waals surface area contributed by atoms with E-state index in [9.17, 15) is 13.2 Å². The first kappa shape index (κ1) is 12.8. The first-order valence-corrected chi connectivity index (χ1v) is 5.01. The van der Waals surface area contributed by atoms with Crippen molar-refractivity contribution >= 4 is 5.82 Å². The number of halogens is 3. The van der Waals surface area contributed by atoms with Gasteiger partial charge in [0.25, 0.3) is 0 Å². The minimum Gasteiger partial charge on any atom is -0.370 e. The minimum absolute atomic E-state index is 0.449. The third-order valence-electron chi connectivity index (χ3n) is 2.03. The van der Waals surface area contributed by atoms with Gasteiger partial charge in [0.15, 0.2) is 0 Å². The van der Waals surface area contributed by atoms with Gasteiger partial charge in [0.05, 0.1) is 5.56 Å². The number of unbranched alkanes of at least 4 members (excludes halogenated alkanes) is 1. The van der Waals surface area contributed by atoms with Gasteiger partial charge in [-0.1, -0.05) is 0 Å². The zero-order chi connectivity index (χ0) is 12.0. The molecule has 1 aromatic heterocycles. The highest BCUT2D eigenvalue weighted by Crippen LogP contribution is 2.28. The normalized spacial score (nSPS) is 11.5. The highest BCUT2D eigenvalue weighted by atomic mass is 19.4. The molecule has 0 saturated carbocycles. The summed E-state index contributed by atoms with van der Waals surface area (Å²) in [5, 5.41) is 2.92. The van der Waals surface area contributed by atoms with Gasteiger partial charge in [-0.25, -0.2) is 4.98 Å². The Bertz CT molecular complexity index is 308. The van der Waals surface area contributed by atoms with Gasteiger partial charge in [-0.2, -0.15) is 13.2 Å². The van der Waals surface area contributed by atoms with Gasteiger partial charge in [-0.05, 0) is 31.5 Å². The molecular weight excluding hydrogens is 219 g/mol. The van der Waals surface area contributed by atoms with Crippen LogP contribution in [0.1, 0.15) is 18.4 Å². The van der Waals surface area contributed by atoms with E-state index in [1.165, 1.54) is 6.07 Å². The maximum absolute atomic E-state index is 12.2. The van der Waals surface area contributed by atoms with Gasteiger partial charge >= 0.3 is 6.18 Å². The Balaban J connectivity index is 2.46. The van der Waals surface area contributed by atoms with Crippen molar-refractivity contribution in [2.24, 2.45) is 5.73 Å². The molecule has 0 saturated heterocycles. The lowest BCUT2D eigenvalue weighted by atomic mass is 10.2. The Labute approximate surface area is 91.9 Å². The molecule has 0 radical (unpaired) electrons. The van der Waals surface area contributed by atoms with E-state index in [0.29, 0.717) is 18.9 Å². The van der Waals surface area contributed by atoms with Crippen LogP contribution in [0, 0.1) is 0 Å². The smallest absolute Gasteiger partial charge is 0.370 e. The van der Waals surface area contributed by atoms with Gasteiger partial charge < -0.3 is 11.1 Å². The van der Waals surface area contributed by atoms with E-state index in [1.807, 2.05) is 0 Å². The molecular formula is C10H14F3N3. The highest BCUT2D eigenvalue weighted by Gasteiger charge is 2.30. The molecule has 0 fully saturated rings. The predicted molar refractivity (Wildman–Crippen MR) is 56.0 cm³/mol. The van der Waals surface area contributed by atoms with Gasteiger partial charge in [0.1, 0.15) is 5.82 Å². The number of alkyl halides is 3. The molecule has 0 aromatic carbocycles. The van der Waals surface area contributed by atoms with E-state index >= 15 is 0 Å². The third-order valence-corrected chi connectivity index (χ3v) is 2.03. The molecule has 1 rings (SSSR count). The first-order valence-electron chi connectivity index (χ1n) is 5.01. The zero-order valence-corrected chi connectivity index (χ0v) is 8.72. The molecule has 0 amide bonds. The van der Waals surface area contributed by atoms with Crippen LogP contribution in [0.3, 0.4) is 0 Å². The molecule has 3 N–H and O–H groups in total. The van der Waals surface area contributed by atoms with Gasteiger partial charge in [0.2, 0.25) is 0 Å². The molecule has 0 spiro atoms. The van der Waals surface area contributed by atoms with Gasteiger partial charge in [-0.3, -0.25) is 0 Å². The maximum Gasteiger partial charge on any atom is 0.417 e. The van der Waals surface area contributed by atoms with E-state index < -0.39 is 11.7 Å². The summed E-state index contributed by atoms with van der Waals surface area (Å²) in [6.45, 7) is 1.28. The van der Waals surface area contributed by atoms with Crippen molar-refractivity contribution in [3.8, 4) is 0 Å². The summed E-state index contributed by atoms with van der Waals surface area (Å²) in [6.07, 6.45) is -1.75. The summed E-state index contributed by atoms with van der Waals surface area (Å²) in [6, 6.07) is 2.34. The second-order valence-corrected chi connectivity index (χ2v) is 3.35. The third kappa shape index (κ3) is 4.06. The number of hydrogen-bond acceptors (Lipinski definition) is 3. The summed E-state index contributed by atoms with van der Waals surface area (Å²) >= 11 is 0. The Morgan fingerprint density at radius 1 is 1.25 bits per heavy atom. The SMILES string of the molecule is NCCCCNc1ccc(C(F)(F)F)cn1. The summed E-state index contributed by atoms with van der Waals surface area (Å²) < 4.78 is 36.6. The number of aromatic nitrogens is 1. The Kier molecular flexibility index (Phi) is 4.54. The minimum atomic E-state index is -4.33. The Hall–Kier alpha value is -1.30. The van der Waals surface area contributed by atoms with Crippen molar-refractivity contribution in [2.75, 3.05) is 18.4 Å². The molecule has 1 aromatic rings. The lowest BCUT2D eigenvalue weighted by Gasteiger charge is -2.08. The number of nitrogens with zero attached hydrogens (tertiary/aromatic N) is 1. The molecule has 0 unspecified atom stereocenters. The number of rotatable bonds is 5. The molecule has 3 nitrogen and oxygen atoms in total. The molecule has 1 heterocycles. The Morgan fingerprint density at radius 2 is 2.00 bits per heavy atom. The van der Waals surface area contributed by atoms with Crippen molar-refractivity contribution in [1.29, 1.82) is 0 Å². The van der Waals surface area contributed by atoms with Crippen LogP contribution in [0.4, 0.5) is 19.0 Å². The van der Waals surface area contributed by atoms with E-state index in [2.05, 4.69) is 10.3 Å². The Morgan fingerprint density at radius 3 is 2.50 bits per heavy atom.